The molecular formula is C54H35N. The van der Waals surface area contributed by atoms with Crippen molar-refractivity contribution in [1.29, 1.82) is 0 Å². The number of hydrogen-bond acceptors (Lipinski definition) is 1. The Morgan fingerprint density at radius 3 is 1.38 bits per heavy atom. The first-order valence-corrected chi connectivity index (χ1v) is 19.0. The molecule has 0 fully saturated rings. The summed E-state index contributed by atoms with van der Waals surface area (Å²) in [5.41, 5.74) is 23.6. The van der Waals surface area contributed by atoms with Crippen LogP contribution in [0.4, 0.5) is 17.1 Å². The second kappa shape index (κ2) is 12.7. The Bertz CT molecular complexity index is 2880. The van der Waals surface area contributed by atoms with Gasteiger partial charge in [-0.1, -0.05) is 176 Å². The van der Waals surface area contributed by atoms with Gasteiger partial charge in [0.15, 0.2) is 0 Å². The van der Waals surface area contributed by atoms with E-state index < -0.39 is 0 Å². The molecule has 0 heterocycles. The highest BCUT2D eigenvalue weighted by molar-refractivity contribution is 6.15. The van der Waals surface area contributed by atoms with E-state index in [1.165, 1.54) is 89.0 Å². The molecule has 0 amide bonds. The Morgan fingerprint density at radius 2 is 0.673 bits per heavy atom. The van der Waals surface area contributed by atoms with Gasteiger partial charge < -0.3 is 4.90 Å². The van der Waals surface area contributed by atoms with Crippen LogP contribution >= 0.6 is 0 Å². The lowest BCUT2D eigenvalue weighted by Crippen LogP contribution is -2.11. The van der Waals surface area contributed by atoms with Gasteiger partial charge in [0.1, 0.15) is 0 Å². The molecule has 0 aliphatic heterocycles. The number of rotatable bonds is 6. The van der Waals surface area contributed by atoms with Gasteiger partial charge >= 0.3 is 0 Å². The summed E-state index contributed by atoms with van der Waals surface area (Å²) in [5.74, 6) is 0. The summed E-state index contributed by atoms with van der Waals surface area (Å²) in [5, 5.41) is 0. The van der Waals surface area contributed by atoms with E-state index in [-0.39, 0.29) is 0 Å². The van der Waals surface area contributed by atoms with Crippen molar-refractivity contribution < 1.29 is 0 Å². The maximum atomic E-state index is 2.42. The van der Waals surface area contributed by atoms with Crippen LogP contribution in [0.15, 0.2) is 212 Å². The third-order valence-corrected chi connectivity index (χ3v) is 11.4. The predicted octanol–water partition coefficient (Wildman–Crippen LogP) is 15.1. The maximum absolute atomic E-state index is 2.42. The quantitative estimate of drug-likeness (QED) is 0.167. The van der Waals surface area contributed by atoms with Crippen molar-refractivity contribution in [2.24, 2.45) is 0 Å². The number of nitrogens with zero attached hydrogens (tertiary/aromatic N) is 1. The van der Waals surface area contributed by atoms with Gasteiger partial charge in [-0.25, -0.2) is 0 Å². The Kier molecular flexibility index (Phi) is 7.25. The minimum Gasteiger partial charge on any atom is -0.310 e. The lowest BCUT2D eigenvalue weighted by Gasteiger charge is -2.28. The van der Waals surface area contributed by atoms with E-state index in [1.807, 2.05) is 0 Å². The minimum atomic E-state index is 1.10. The fraction of sp³-hybridized carbons (Fsp3) is 0. The SMILES string of the molecule is c1ccc(-c2cccc(N(c3ccc(-c4ccc5c(c4)-c4c6cccc4-c4cccc-5c4-c4ccccc4-6)cc3)c3ccccc3-c3ccccc3)c2)cc1. The molecule has 11 rings (SSSR count). The highest BCUT2D eigenvalue weighted by atomic mass is 15.1. The van der Waals surface area contributed by atoms with Crippen molar-refractivity contribution in [1.82, 2.24) is 0 Å². The van der Waals surface area contributed by atoms with Crippen LogP contribution in [0.25, 0.3) is 89.0 Å². The molecule has 256 valence electrons. The van der Waals surface area contributed by atoms with Crippen molar-refractivity contribution in [3.8, 4) is 89.0 Å². The summed E-state index contributed by atoms with van der Waals surface area (Å²) in [6.07, 6.45) is 0. The van der Waals surface area contributed by atoms with E-state index in [0.717, 1.165) is 17.1 Å². The second-order valence-corrected chi connectivity index (χ2v) is 14.4. The molecule has 1 nitrogen and oxygen atoms in total. The van der Waals surface area contributed by atoms with Crippen LogP contribution in [-0.2, 0) is 0 Å². The molecule has 2 aliphatic carbocycles. The largest absolute Gasteiger partial charge is 0.310 e. The molecule has 9 aromatic carbocycles. The first-order valence-electron chi connectivity index (χ1n) is 19.0. The van der Waals surface area contributed by atoms with Crippen LogP contribution in [0.3, 0.4) is 0 Å². The van der Waals surface area contributed by atoms with Crippen LogP contribution in [0.1, 0.15) is 0 Å². The molecule has 55 heavy (non-hydrogen) atoms. The molecule has 0 N–H and O–H groups in total. The highest BCUT2D eigenvalue weighted by Crippen LogP contribution is 2.57. The van der Waals surface area contributed by atoms with Crippen LogP contribution in [0.2, 0.25) is 0 Å². The van der Waals surface area contributed by atoms with Gasteiger partial charge in [-0.2, -0.15) is 0 Å². The monoisotopic (exact) mass is 697 g/mol. The van der Waals surface area contributed by atoms with E-state index in [1.54, 1.807) is 0 Å². The topological polar surface area (TPSA) is 3.24 Å². The molecule has 0 radical (unpaired) electrons. The molecule has 0 unspecified atom stereocenters. The van der Waals surface area contributed by atoms with E-state index in [0.29, 0.717) is 0 Å². The van der Waals surface area contributed by atoms with Crippen LogP contribution in [0.5, 0.6) is 0 Å². The zero-order valence-corrected chi connectivity index (χ0v) is 30.2. The summed E-state index contributed by atoms with van der Waals surface area (Å²) in [6, 6.07) is 77.7. The lowest BCUT2D eigenvalue weighted by molar-refractivity contribution is 1.28. The van der Waals surface area contributed by atoms with Gasteiger partial charge in [-0.05, 0) is 120 Å². The Labute approximate surface area is 322 Å². The molecule has 1 heteroatoms. The van der Waals surface area contributed by atoms with Gasteiger partial charge in [0.25, 0.3) is 0 Å². The van der Waals surface area contributed by atoms with Gasteiger partial charge in [0.2, 0.25) is 0 Å². The first-order chi connectivity index (χ1) is 27.3. The lowest BCUT2D eigenvalue weighted by atomic mass is 9.83. The number of hydrogen-bond donors (Lipinski definition) is 0. The van der Waals surface area contributed by atoms with Crippen molar-refractivity contribution in [2.75, 3.05) is 4.90 Å². The van der Waals surface area contributed by atoms with Crippen molar-refractivity contribution in [2.45, 2.75) is 0 Å². The van der Waals surface area contributed by atoms with Crippen molar-refractivity contribution >= 4 is 17.1 Å². The fourth-order valence-corrected chi connectivity index (χ4v) is 8.90. The average molecular weight is 698 g/mol. The molecular weight excluding hydrogens is 663 g/mol. The van der Waals surface area contributed by atoms with Crippen molar-refractivity contribution in [3.63, 3.8) is 0 Å². The molecule has 9 aromatic rings. The second-order valence-electron chi connectivity index (χ2n) is 14.4. The number of para-hydroxylation sites is 1. The molecule has 2 aliphatic rings. The minimum absolute atomic E-state index is 1.10. The van der Waals surface area contributed by atoms with Crippen LogP contribution in [0, 0.1) is 0 Å². The number of anilines is 3. The zero-order valence-electron chi connectivity index (χ0n) is 30.2. The molecule has 0 aromatic heterocycles. The van der Waals surface area contributed by atoms with Crippen LogP contribution in [-0.4, -0.2) is 0 Å². The summed E-state index contributed by atoms with van der Waals surface area (Å²) in [7, 11) is 0. The van der Waals surface area contributed by atoms with Gasteiger partial charge in [-0.15, -0.1) is 0 Å². The van der Waals surface area contributed by atoms with Gasteiger partial charge in [0.05, 0.1) is 5.69 Å². The predicted molar refractivity (Wildman–Crippen MR) is 232 cm³/mol. The Hall–Kier alpha value is -7.22. The third kappa shape index (κ3) is 5.09. The van der Waals surface area contributed by atoms with E-state index >= 15 is 0 Å². The molecule has 0 saturated heterocycles. The Balaban J connectivity index is 1.05. The van der Waals surface area contributed by atoms with Gasteiger partial charge in [0, 0.05) is 16.9 Å². The normalized spacial score (nSPS) is 11.6. The van der Waals surface area contributed by atoms with Gasteiger partial charge in [-0.3, -0.25) is 0 Å². The average Bonchev–Trinajstić information content (AvgIpc) is 3.37. The van der Waals surface area contributed by atoms with E-state index in [9.17, 15) is 0 Å². The standard InChI is InChI=1S/C54H35N/c1-3-14-36(15-4-1)39-18-11-19-42(34-39)55(52-27-10-9-20-43(52)38-16-5-2-6-17-38)41-31-28-37(29-32-41)40-30-33-45-48-24-13-25-49-50-26-12-23-47(54(50)51(45)35-40)44-21-7-8-22-46(44)53(48)49/h1-35H. The zero-order chi connectivity index (χ0) is 36.3. The molecule has 6 bridgehead atoms. The molecule has 0 spiro atoms. The third-order valence-electron chi connectivity index (χ3n) is 11.4. The summed E-state index contributed by atoms with van der Waals surface area (Å²) < 4.78 is 0. The highest BCUT2D eigenvalue weighted by Gasteiger charge is 2.30. The van der Waals surface area contributed by atoms with E-state index in [4.69, 9.17) is 0 Å². The smallest absolute Gasteiger partial charge is 0.0540 e. The maximum Gasteiger partial charge on any atom is 0.0540 e. The molecule has 0 saturated carbocycles. The Morgan fingerprint density at radius 1 is 0.218 bits per heavy atom. The van der Waals surface area contributed by atoms with Crippen LogP contribution < -0.4 is 4.90 Å². The summed E-state index contributed by atoms with van der Waals surface area (Å²) in [6.45, 7) is 0. The van der Waals surface area contributed by atoms with E-state index in [2.05, 4.69) is 217 Å². The summed E-state index contributed by atoms with van der Waals surface area (Å²) >= 11 is 0. The number of fused-ring (bicyclic) bond motifs is 4. The van der Waals surface area contributed by atoms with Crippen molar-refractivity contribution in [3.05, 3.63) is 212 Å². The molecule has 0 atom stereocenters. The first kappa shape index (κ1) is 31.3. The summed E-state index contributed by atoms with van der Waals surface area (Å²) in [4.78, 5) is 2.40. The fourth-order valence-electron chi connectivity index (χ4n) is 8.90. The number of benzene rings is 9.